The number of carbonyl (C=O) groups excluding carboxylic acids is 1. The lowest BCUT2D eigenvalue weighted by molar-refractivity contribution is -0.125. The van der Waals surface area contributed by atoms with Crippen molar-refractivity contribution in [2.75, 3.05) is 6.61 Å². The second-order valence-electron chi connectivity index (χ2n) is 7.29. The second-order valence-corrected chi connectivity index (χ2v) is 7.29. The SMILES string of the molecule is CC12CCC(C(=Cc3ccc(CCO)cc3)C1=O)C2(C)C. The number of allylic oxidation sites excluding steroid dienone is 1. The molecule has 2 aliphatic rings. The molecule has 112 valence electrons. The molecule has 2 saturated carbocycles. The van der Waals surface area contributed by atoms with E-state index in [9.17, 15) is 4.79 Å². The van der Waals surface area contributed by atoms with Crippen LogP contribution >= 0.6 is 0 Å². The van der Waals surface area contributed by atoms with Gasteiger partial charge in [0.25, 0.3) is 0 Å². The van der Waals surface area contributed by atoms with Crippen LogP contribution in [-0.4, -0.2) is 17.5 Å². The molecule has 0 spiro atoms. The first kappa shape index (κ1) is 14.5. The maximum absolute atomic E-state index is 12.8. The molecular formula is C19H24O2. The van der Waals surface area contributed by atoms with Gasteiger partial charge in [0.05, 0.1) is 0 Å². The largest absolute Gasteiger partial charge is 0.396 e. The average molecular weight is 284 g/mol. The number of hydrogen-bond donors (Lipinski definition) is 1. The van der Waals surface area contributed by atoms with Crippen LogP contribution in [0.15, 0.2) is 29.8 Å². The summed E-state index contributed by atoms with van der Waals surface area (Å²) in [6, 6.07) is 8.17. The minimum absolute atomic E-state index is 0.0761. The fraction of sp³-hybridized carbons (Fsp3) is 0.526. The molecule has 1 aromatic rings. The van der Waals surface area contributed by atoms with E-state index >= 15 is 0 Å². The van der Waals surface area contributed by atoms with Gasteiger partial charge >= 0.3 is 0 Å². The Kier molecular flexibility index (Phi) is 3.32. The highest BCUT2D eigenvalue weighted by molar-refractivity contribution is 6.07. The Labute approximate surface area is 126 Å². The van der Waals surface area contributed by atoms with Crippen molar-refractivity contribution in [3.05, 3.63) is 41.0 Å². The minimum Gasteiger partial charge on any atom is -0.396 e. The Hall–Kier alpha value is -1.41. The van der Waals surface area contributed by atoms with Crippen LogP contribution in [0.5, 0.6) is 0 Å². The smallest absolute Gasteiger partial charge is 0.165 e. The third-order valence-corrected chi connectivity index (χ3v) is 6.07. The third kappa shape index (κ3) is 2.00. The first-order valence-electron chi connectivity index (χ1n) is 7.86. The van der Waals surface area contributed by atoms with E-state index < -0.39 is 0 Å². The molecule has 1 N–H and O–H groups in total. The van der Waals surface area contributed by atoms with E-state index in [4.69, 9.17) is 5.11 Å². The molecule has 2 bridgehead atoms. The van der Waals surface area contributed by atoms with Crippen molar-refractivity contribution in [1.29, 1.82) is 0 Å². The summed E-state index contributed by atoms with van der Waals surface area (Å²) in [7, 11) is 0. The van der Waals surface area contributed by atoms with Gasteiger partial charge in [0.15, 0.2) is 5.78 Å². The Balaban J connectivity index is 1.92. The zero-order valence-electron chi connectivity index (χ0n) is 13.1. The number of Topliss-reactive ketones (excluding diaryl/α,β-unsaturated/α-hetero) is 1. The van der Waals surface area contributed by atoms with Crippen molar-refractivity contribution in [3.8, 4) is 0 Å². The fourth-order valence-corrected chi connectivity index (χ4v) is 4.18. The highest BCUT2D eigenvalue weighted by Gasteiger charge is 2.63. The lowest BCUT2D eigenvalue weighted by Gasteiger charge is -2.31. The summed E-state index contributed by atoms with van der Waals surface area (Å²) in [4.78, 5) is 12.8. The van der Waals surface area contributed by atoms with Crippen molar-refractivity contribution in [2.24, 2.45) is 16.7 Å². The molecule has 2 fully saturated rings. The number of hydrogen-bond acceptors (Lipinski definition) is 2. The van der Waals surface area contributed by atoms with Crippen LogP contribution in [0.4, 0.5) is 0 Å². The number of rotatable bonds is 3. The van der Waals surface area contributed by atoms with E-state index in [2.05, 4.69) is 26.8 Å². The van der Waals surface area contributed by atoms with Gasteiger partial charge in [-0.15, -0.1) is 0 Å². The van der Waals surface area contributed by atoms with Crippen LogP contribution in [0.3, 0.4) is 0 Å². The molecule has 2 nitrogen and oxygen atoms in total. The maximum Gasteiger partial charge on any atom is 0.165 e. The van der Waals surface area contributed by atoms with E-state index in [1.165, 1.54) is 0 Å². The summed E-state index contributed by atoms with van der Waals surface area (Å²) in [5.74, 6) is 0.746. The summed E-state index contributed by atoms with van der Waals surface area (Å²) in [6.07, 6.45) is 4.92. The van der Waals surface area contributed by atoms with E-state index in [0.717, 1.165) is 29.5 Å². The van der Waals surface area contributed by atoms with Gasteiger partial charge in [-0.1, -0.05) is 45.0 Å². The van der Waals surface area contributed by atoms with Gasteiger partial charge in [0, 0.05) is 12.0 Å². The standard InChI is InChI=1S/C19H24O2/c1-18(2)16-8-10-19(18,3)17(21)15(16)12-14-6-4-13(5-7-14)9-11-20/h4-7,12,16,20H,8-11H2,1-3H3. The molecule has 1 aromatic carbocycles. The number of ketones is 1. The van der Waals surface area contributed by atoms with Crippen LogP contribution in [0.2, 0.25) is 0 Å². The monoisotopic (exact) mass is 284 g/mol. The summed E-state index contributed by atoms with van der Waals surface area (Å²) in [5, 5.41) is 8.95. The molecule has 2 atom stereocenters. The number of aliphatic hydroxyl groups excluding tert-OH is 1. The summed E-state index contributed by atoms with van der Waals surface area (Å²) < 4.78 is 0. The Bertz CT molecular complexity index is 594. The average Bonchev–Trinajstić information content (AvgIpc) is 2.75. The van der Waals surface area contributed by atoms with Gasteiger partial charge in [-0.25, -0.2) is 0 Å². The normalized spacial score (nSPS) is 32.1. The maximum atomic E-state index is 12.8. The van der Waals surface area contributed by atoms with E-state index in [1.807, 2.05) is 24.3 Å². The Morgan fingerprint density at radius 3 is 2.43 bits per heavy atom. The number of benzene rings is 1. The van der Waals surface area contributed by atoms with E-state index in [1.54, 1.807) is 0 Å². The minimum atomic E-state index is -0.180. The van der Waals surface area contributed by atoms with Crippen molar-refractivity contribution in [3.63, 3.8) is 0 Å². The van der Waals surface area contributed by atoms with Gasteiger partial charge in [0.1, 0.15) is 0 Å². The second kappa shape index (κ2) is 4.81. The molecule has 0 heterocycles. The predicted octanol–water partition coefficient (Wildman–Crippen LogP) is 3.63. The number of carbonyl (C=O) groups is 1. The summed E-state index contributed by atoms with van der Waals surface area (Å²) >= 11 is 0. The number of aliphatic hydroxyl groups is 1. The van der Waals surface area contributed by atoms with E-state index in [-0.39, 0.29) is 17.4 Å². The number of fused-ring (bicyclic) bond motifs is 2. The lowest BCUT2D eigenvalue weighted by atomic mass is 9.70. The molecule has 2 aliphatic carbocycles. The highest BCUT2D eigenvalue weighted by atomic mass is 16.2. The topological polar surface area (TPSA) is 37.3 Å². The molecule has 0 aromatic heterocycles. The first-order chi connectivity index (χ1) is 9.90. The Morgan fingerprint density at radius 1 is 1.24 bits per heavy atom. The molecule has 2 unspecified atom stereocenters. The van der Waals surface area contributed by atoms with E-state index in [0.29, 0.717) is 18.1 Å². The van der Waals surface area contributed by atoms with Crippen molar-refractivity contribution in [2.45, 2.75) is 40.0 Å². The molecule has 0 amide bonds. The van der Waals surface area contributed by atoms with Gasteiger partial charge in [0.2, 0.25) is 0 Å². The van der Waals surface area contributed by atoms with Crippen LogP contribution in [0.1, 0.15) is 44.7 Å². The molecule has 0 aliphatic heterocycles. The van der Waals surface area contributed by atoms with Crippen LogP contribution in [0, 0.1) is 16.7 Å². The summed E-state index contributed by atoms with van der Waals surface area (Å²) in [5.41, 5.74) is 3.13. The molecule has 2 heteroatoms. The van der Waals surface area contributed by atoms with Crippen molar-refractivity contribution >= 4 is 11.9 Å². The molecule has 3 rings (SSSR count). The Morgan fingerprint density at radius 2 is 1.90 bits per heavy atom. The van der Waals surface area contributed by atoms with Crippen LogP contribution in [0.25, 0.3) is 6.08 Å². The molecule has 0 radical (unpaired) electrons. The van der Waals surface area contributed by atoms with Crippen molar-refractivity contribution in [1.82, 2.24) is 0 Å². The molecular weight excluding hydrogens is 260 g/mol. The lowest BCUT2D eigenvalue weighted by Crippen LogP contribution is -2.32. The third-order valence-electron chi connectivity index (χ3n) is 6.07. The van der Waals surface area contributed by atoms with Gasteiger partial charge in [-0.2, -0.15) is 0 Å². The predicted molar refractivity (Wildman–Crippen MR) is 84.8 cm³/mol. The van der Waals surface area contributed by atoms with Crippen LogP contribution < -0.4 is 0 Å². The van der Waals surface area contributed by atoms with Crippen LogP contribution in [-0.2, 0) is 11.2 Å². The fourth-order valence-electron chi connectivity index (χ4n) is 4.18. The van der Waals surface area contributed by atoms with Gasteiger partial charge in [-0.05, 0) is 53.4 Å². The molecule has 21 heavy (non-hydrogen) atoms. The zero-order valence-corrected chi connectivity index (χ0v) is 13.1. The molecule has 0 saturated heterocycles. The quantitative estimate of drug-likeness (QED) is 0.861. The van der Waals surface area contributed by atoms with Gasteiger partial charge < -0.3 is 5.11 Å². The summed E-state index contributed by atoms with van der Waals surface area (Å²) in [6.45, 7) is 6.80. The van der Waals surface area contributed by atoms with Crippen molar-refractivity contribution < 1.29 is 9.90 Å². The van der Waals surface area contributed by atoms with Gasteiger partial charge in [-0.3, -0.25) is 4.79 Å². The zero-order chi connectivity index (χ0) is 15.3. The first-order valence-corrected chi connectivity index (χ1v) is 7.86. The highest BCUT2D eigenvalue weighted by Crippen LogP contribution is 2.65.